The molecule has 0 saturated carbocycles. The van der Waals surface area contributed by atoms with Gasteiger partial charge in [0.25, 0.3) is 0 Å². The van der Waals surface area contributed by atoms with Crippen molar-refractivity contribution in [1.82, 2.24) is 4.90 Å². The summed E-state index contributed by atoms with van der Waals surface area (Å²) in [4.78, 5) is 2.33. The van der Waals surface area contributed by atoms with Crippen molar-refractivity contribution in [3.8, 4) is 0 Å². The molecule has 3 rings (SSSR count). The highest BCUT2D eigenvalue weighted by Crippen LogP contribution is 2.35. The Balaban J connectivity index is 2.10. The zero-order chi connectivity index (χ0) is 16.4. The van der Waals surface area contributed by atoms with Crippen molar-refractivity contribution in [2.75, 3.05) is 13.1 Å². The van der Waals surface area contributed by atoms with E-state index in [2.05, 4.69) is 56.0 Å². The van der Waals surface area contributed by atoms with Crippen LogP contribution in [0, 0.1) is 0 Å². The zero-order valence-electron chi connectivity index (χ0n) is 14.7. The van der Waals surface area contributed by atoms with Crippen molar-refractivity contribution in [1.29, 1.82) is 0 Å². The van der Waals surface area contributed by atoms with Crippen molar-refractivity contribution in [3.63, 3.8) is 0 Å². The summed E-state index contributed by atoms with van der Waals surface area (Å²) in [5.41, 5.74) is 4.08. The molecule has 0 aliphatic heterocycles. The van der Waals surface area contributed by atoms with Crippen LogP contribution in [0.15, 0.2) is 30.3 Å². The predicted octanol–water partition coefficient (Wildman–Crippen LogP) is 4.48. The van der Waals surface area contributed by atoms with Crippen LogP contribution in [0.2, 0.25) is 0 Å². The quantitative estimate of drug-likeness (QED) is 0.880. The highest BCUT2D eigenvalue weighted by molar-refractivity contribution is 5.90. The lowest BCUT2D eigenvalue weighted by molar-refractivity contribution is 0.0647. The topological polar surface area (TPSA) is 23.5 Å². The third-order valence-electron chi connectivity index (χ3n) is 5.57. The van der Waals surface area contributed by atoms with Crippen LogP contribution in [-0.2, 0) is 12.8 Å². The molecule has 0 bridgehead atoms. The Labute approximate surface area is 140 Å². The minimum absolute atomic E-state index is 0.134. The number of rotatable bonds is 5. The molecular weight excluding hydrogens is 282 g/mol. The van der Waals surface area contributed by atoms with Crippen LogP contribution in [-0.4, -0.2) is 29.1 Å². The van der Waals surface area contributed by atoms with E-state index < -0.39 is 6.10 Å². The molecule has 0 radical (unpaired) electrons. The van der Waals surface area contributed by atoms with E-state index >= 15 is 0 Å². The molecule has 1 aliphatic rings. The molecule has 0 spiro atoms. The minimum atomic E-state index is -0.438. The van der Waals surface area contributed by atoms with Gasteiger partial charge in [0.1, 0.15) is 0 Å². The van der Waals surface area contributed by atoms with Gasteiger partial charge in [0.05, 0.1) is 6.10 Å². The number of aliphatic hydroxyl groups excluding tert-OH is 1. The molecule has 0 amide bonds. The maximum atomic E-state index is 11.1. The molecule has 2 aromatic rings. The molecule has 2 nitrogen and oxygen atoms in total. The standard InChI is InChI=1S/C21H29NO/c1-4-22(5-2)15(3)21(23)20-14-16-10-6-7-11-17(16)18-12-8-9-13-19(18)20/h8-9,12-15,21,23H,4-7,10-11H2,1-3H3/t15-,21-/m1/s1. The summed E-state index contributed by atoms with van der Waals surface area (Å²) >= 11 is 0. The van der Waals surface area contributed by atoms with Crippen molar-refractivity contribution in [2.24, 2.45) is 0 Å². The molecule has 2 atom stereocenters. The highest BCUT2D eigenvalue weighted by atomic mass is 16.3. The van der Waals surface area contributed by atoms with Gasteiger partial charge in [-0.2, -0.15) is 0 Å². The fourth-order valence-electron chi connectivity index (χ4n) is 4.16. The van der Waals surface area contributed by atoms with E-state index in [-0.39, 0.29) is 6.04 Å². The van der Waals surface area contributed by atoms with E-state index in [0.29, 0.717) is 0 Å². The number of fused-ring (bicyclic) bond motifs is 3. The van der Waals surface area contributed by atoms with Crippen LogP contribution in [0.3, 0.4) is 0 Å². The molecule has 1 aliphatic carbocycles. The van der Waals surface area contributed by atoms with Gasteiger partial charge >= 0.3 is 0 Å². The molecule has 0 saturated heterocycles. The first kappa shape index (κ1) is 16.5. The SMILES string of the molecule is CCN(CC)[C@H](C)[C@@H](O)c1cc2c(c3ccccc13)CCCC2. The summed E-state index contributed by atoms with van der Waals surface area (Å²) in [5, 5.41) is 13.7. The van der Waals surface area contributed by atoms with Gasteiger partial charge in [-0.1, -0.05) is 44.2 Å². The zero-order valence-corrected chi connectivity index (χ0v) is 14.7. The summed E-state index contributed by atoms with van der Waals surface area (Å²) in [6.45, 7) is 8.41. The largest absolute Gasteiger partial charge is 0.387 e. The Morgan fingerprint density at radius 3 is 2.39 bits per heavy atom. The molecule has 2 aromatic carbocycles. The van der Waals surface area contributed by atoms with Gasteiger partial charge in [-0.3, -0.25) is 4.90 Å². The smallest absolute Gasteiger partial charge is 0.0948 e. The molecule has 124 valence electrons. The van der Waals surface area contributed by atoms with Gasteiger partial charge in [-0.05, 0) is 73.2 Å². The maximum Gasteiger partial charge on any atom is 0.0948 e. The Hall–Kier alpha value is -1.38. The average molecular weight is 311 g/mol. The fourth-order valence-corrected chi connectivity index (χ4v) is 4.16. The van der Waals surface area contributed by atoms with E-state index in [4.69, 9.17) is 0 Å². The van der Waals surface area contributed by atoms with Gasteiger partial charge in [0.2, 0.25) is 0 Å². The van der Waals surface area contributed by atoms with E-state index in [0.717, 1.165) is 25.1 Å². The van der Waals surface area contributed by atoms with Gasteiger partial charge in [0, 0.05) is 6.04 Å². The highest BCUT2D eigenvalue weighted by Gasteiger charge is 2.25. The van der Waals surface area contributed by atoms with E-state index in [1.807, 2.05) is 0 Å². The number of hydrogen-bond acceptors (Lipinski definition) is 2. The molecular formula is C21H29NO. The average Bonchev–Trinajstić information content (AvgIpc) is 2.61. The van der Waals surface area contributed by atoms with Crippen LogP contribution < -0.4 is 0 Å². The predicted molar refractivity (Wildman–Crippen MR) is 97.9 cm³/mol. The number of hydrogen-bond donors (Lipinski definition) is 1. The Bertz CT molecular complexity index is 675. The van der Waals surface area contributed by atoms with Gasteiger partial charge in [-0.15, -0.1) is 0 Å². The Morgan fingerprint density at radius 2 is 1.70 bits per heavy atom. The second-order valence-corrected chi connectivity index (χ2v) is 6.76. The third kappa shape index (κ3) is 3.02. The van der Waals surface area contributed by atoms with Crippen LogP contribution >= 0.6 is 0 Å². The van der Waals surface area contributed by atoms with Crippen LogP contribution in [0.5, 0.6) is 0 Å². The van der Waals surface area contributed by atoms with Crippen LogP contribution in [0.4, 0.5) is 0 Å². The summed E-state index contributed by atoms with van der Waals surface area (Å²) in [7, 11) is 0. The Kier molecular flexibility index (Phi) is 5.03. The summed E-state index contributed by atoms with van der Waals surface area (Å²) in [5.74, 6) is 0. The first-order valence-corrected chi connectivity index (χ1v) is 9.12. The van der Waals surface area contributed by atoms with Crippen molar-refractivity contribution >= 4 is 10.8 Å². The van der Waals surface area contributed by atoms with Crippen molar-refractivity contribution in [2.45, 2.75) is 58.6 Å². The molecule has 0 heterocycles. The maximum absolute atomic E-state index is 11.1. The number of benzene rings is 2. The van der Waals surface area contributed by atoms with Gasteiger partial charge < -0.3 is 5.11 Å². The van der Waals surface area contributed by atoms with Crippen LogP contribution in [0.25, 0.3) is 10.8 Å². The lowest BCUT2D eigenvalue weighted by Gasteiger charge is -2.32. The second kappa shape index (κ2) is 7.02. The Morgan fingerprint density at radius 1 is 1.04 bits per heavy atom. The molecule has 23 heavy (non-hydrogen) atoms. The fraction of sp³-hybridized carbons (Fsp3) is 0.524. The van der Waals surface area contributed by atoms with Gasteiger partial charge in [-0.25, -0.2) is 0 Å². The molecule has 0 fully saturated rings. The molecule has 1 N–H and O–H groups in total. The number of aryl methyl sites for hydroxylation is 2. The summed E-state index contributed by atoms with van der Waals surface area (Å²) in [6, 6.07) is 11.1. The van der Waals surface area contributed by atoms with Crippen LogP contribution in [0.1, 0.15) is 56.4 Å². The second-order valence-electron chi connectivity index (χ2n) is 6.76. The summed E-state index contributed by atoms with van der Waals surface area (Å²) in [6.07, 6.45) is 4.45. The van der Waals surface area contributed by atoms with Crippen molar-refractivity contribution < 1.29 is 5.11 Å². The monoisotopic (exact) mass is 311 g/mol. The molecule has 0 aromatic heterocycles. The van der Waals surface area contributed by atoms with Crippen molar-refractivity contribution in [3.05, 3.63) is 47.0 Å². The minimum Gasteiger partial charge on any atom is -0.387 e. The van der Waals surface area contributed by atoms with E-state index in [1.54, 1.807) is 0 Å². The summed E-state index contributed by atoms with van der Waals surface area (Å²) < 4.78 is 0. The first-order chi connectivity index (χ1) is 11.2. The van der Waals surface area contributed by atoms with E-state index in [1.165, 1.54) is 41.2 Å². The lowest BCUT2D eigenvalue weighted by atomic mass is 9.83. The molecule has 0 unspecified atom stereocenters. The normalized spacial score (nSPS) is 17.3. The number of nitrogens with zero attached hydrogens (tertiary/aromatic N) is 1. The van der Waals surface area contributed by atoms with E-state index in [9.17, 15) is 5.11 Å². The first-order valence-electron chi connectivity index (χ1n) is 9.12. The third-order valence-corrected chi connectivity index (χ3v) is 5.57. The number of aliphatic hydroxyl groups is 1. The number of likely N-dealkylation sites (N-methyl/N-ethyl adjacent to an activating group) is 1. The lowest BCUT2D eigenvalue weighted by Crippen LogP contribution is -2.37. The van der Waals surface area contributed by atoms with Gasteiger partial charge in [0.15, 0.2) is 0 Å². The molecule has 2 heteroatoms.